The molecule has 138 valence electrons. The molecule has 0 saturated carbocycles. The number of carbonyl (C=O) groups excluding carboxylic acids is 1. The van der Waals surface area contributed by atoms with Gasteiger partial charge >= 0.3 is 0 Å². The van der Waals surface area contributed by atoms with Gasteiger partial charge in [0.25, 0.3) is 17.3 Å². The first-order chi connectivity index (χ1) is 13.0. The van der Waals surface area contributed by atoms with E-state index >= 15 is 0 Å². The van der Waals surface area contributed by atoms with Gasteiger partial charge in [-0.25, -0.2) is 4.98 Å². The van der Waals surface area contributed by atoms with Gasteiger partial charge in [-0.2, -0.15) is 0 Å². The van der Waals surface area contributed by atoms with E-state index in [1.807, 2.05) is 13.0 Å². The van der Waals surface area contributed by atoms with E-state index in [-0.39, 0.29) is 18.0 Å². The van der Waals surface area contributed by atoms with Crippen molar-refractivity contribution in [3.8, 4) is 22.9 Å². The third kappa shape index (κ3) is 2.73. The summed E-state index contributed by atoms with van der Waals surface area (Å²) < 4.78 is 10.5. The van der Waals surface area contributed by atoms with Crippen LogP contribution >= 0.6 is 0 Å². The number of pyridine rings is 2. The van der Waals surface area contributed by atoms with Crippen LogP contribution in [0.1, 0.15) is 21.6 Å². The van der Waals surface area contributed by atoms with Crippen molar-refractivity contribution in [1.29, 1.82) is 0 Å². The van der Waals surface area contributed by atoms with E-state index in [0.717, 1.165) is 11.1 Å². The fourth-order valence-electron chi connectivity index (χ4n) is 3.18. The molecule has 0 fully saturated rings. The number of aromatic nitrogens is 4. The standard InChI is InChI=1S/C18H17N5O4/c1-9-4-11(10-5-13(26-2)17(27-3)19-7-10)20-12-8-23(18(25)16(9)12)14-6-15(24)22-21-14/h4-7H,8H2,1-3H3,(H2,21,22,24). The van der Waals surface area contributed by atoms with Crippen molar-refractivity contribution in [2.24, 2.45) is 0 Å². The number of rotatable bonds is 4. The second-order valence-electron chi connectivity index (χ2n) is 6.12. The Morgan fingerprint density at radius 3 is 2.59 bits per heavy atom. The Balaban J connectivity index is 1.76. The van der Waals surface area contributed by atoms with Gasteiger partial charge in [-0.05, 0) is 24.6 Å². The van der Waals surface area contributed by atoms with E-state index in [0.29, 0.717) is 34.4 Å². The topological polar surface area (TPSA) is 113 Å². The van der Waals surface area contributed by atoms with E-state index in [1.165, 1.54) is 18.1 Å². The number of fused-ring (bicyclic) bond motifs is 1. The van der Waals surface area contributed by atoms with Crippen LogP contribution in [0, 0.1) is 6.92 Å². The number of hydrogen-bond acceptors (Lipinski definition) is 6. The third-order valence-corrected chi connectivity index (χ3v) is 4.46. The Hall–Kier alpha value is -3.62. The monoisotopic (exact) mass is 367 g/mol. The first-order valence-electron chi connectivity index (χ1n) is 8.20. The zero-order chi connectivity index (χ0) is 19.1. The van der Waals surface area contributed by atoms with Gasteiger partial charge in [-0.1, -0.05) is 0 Å². The molecule has 3 aromatic rings. The predicted octanol–water partition coefficient (Wildman–Crippen LogP) is 1.65. The van der Waals surface area contributed by atoms with Crippen molar-refractivity contribution in [2.75, 3.05) is 19.1 Å². The Bertz CT molecular complexity index is 1100. The molecule has 1 aliphatic rings. The van der Waals surface area contributed by atoms with Gasteiger partial charge in [0.2, 0.25) is 0 Å². The molecule has 9 nitrogen and oxygen atoms in total. The SMILES string of the molecule is COc1cc(-c2cc(C)c3c(n2)CN(c2cc(=O)[nH][nH]2)C3=O)cnc1OC. The Labute approximate surface area is 154 Å². The number of carbonyl (C=O) groups is 1. The second kappa shape index (κ2) is 6.27. The van der Waals surface area contributed by atoms with Crippen molar-refractivity contribution >= 4 is 11.7 Å². The molecule has 3 aromatic heterocycles. The molecule has 4 heterocycles. The number of anilines is 1. The molecule has 0 saturated heterocycles. The fraction of sp³-hybridized carbons (Fsp3) is 0.222. The van der Waals surface area contributed by atoms with Crippen LogP contribution in [0.2, 0.25) is 0 Å². The van der Waals surface area contributed by atoms with Crippen molar-refractivity contribution < 1.29 is 14.3 Å². The third-order valence-electron chi connectivity index (χ3n) is 4.46. The summed E-state index contributed by atoms with van der Waals surface area (Å²) in [6, 6.07) is 4.97. The van der Waals surface area contributed by atoms with Crippen LogP contribution in [0.15, 0.2) is 29.2 Å². The molecule has 2 N–H and O–H groups in total. The van der Waals surface area contributed by atoms with Crippen LogP contribution in [0.4, 0.5) is 5.82 Å². The smallest absolute Gasteiger partial charge is 0.266 e. The summed E-state index contributed by atoms with van der Waals surface area (Å²) in [5.41, 5.74) is 3.13. The number of nitrogens with zero attached hydrogens (tertiary/aromatic N) is 3. The van der Waals surface area contributed by atoms with E-state index in [2.05, 4.69) is 20.2 Å². The number of hydrogen-bond donors (Lipinski definition) is 2. The van der Waals surface area contributed by atoms with Gasteiger partial charge in [0.1, 0.15) is 5.82 Å². The number of methoxy groups -OCH3 is 2. The highest BCUT2D eigenvalue weighted by molar-refractivity contribution is 6.10. The zero-order valence-electron chi connectivity index (χ0n) is 15.0. The largest absolute Gasteiger partial charge is 0.491 e. The van der Waals surface area contributed by atoms with Crippen molar-refractivity contribution in [3.63, 3.8) is 0 Å². The van der Waals surface area contributed by atoms with Gasteiger partial charge < -0.3 is 9.47 Å². The lowest BCUT2D eigenvalue weighted by atomic mass is 10.1. The Morgan fingerprint density at radius 1 is 1.11 bits per heavy atom. The summed E-state index contributed by atoms with van der Waals surface area (Å²) in [6.45, 7) is 2.14. The number of amides is 1. The molecule has 0 atom stereocenters. The van der Waals surface area contributed by atoms with Gasteiger partial charge in [-0.3, -0.25) is 29.7 Å². The van der Waals surface area contributed by atoms with Gasteiger partial charge in [0.15, 0.2) is 5.75 Å². The number of nitrogens with one attached hydrogen (secondary N) is 2. The average Bonchev–Trinajstić information content (AvgIpc) is 3.24. The van der Waals surface area contributed by atoms with Crippen LogP contribution in [0.3, 0.4) is 0 Å². The van der Waals surface area contributed by atoms with Gasteiger partial charge in [-0.15, -0.1) is 0 Å². The summed E-state index contributed by atoms with van der Waals surface area (Å²) in [4.78, 5) is 34.5. The van der Waals surface area contributed by atoms with E-state index in [4.69, 9.17) is 9.47 Å². The summed E-state index contributed by atoms with van der Waals surface area (Å²) in [5, 5.41) is 5.14. The van der Waals surface area contributed by atoms with E-state index in [9.17, 15) is 9.59 Å². The maximum absolute atomic E-state index is 12.8. The summed E-state index contributed by atoms with van der Waals surface area (Å²) in [5.74, 6) is 1.11. The van der Waals surface area contributed by atoms with Gasteiger partial charge in [0, 0.05) is 17.8 Å². The summed E-state index contributed by atoms with van der Waals surface area (Å²) in [6.07, 6.45) is 1.65. The molecule has 1 aliphatic heterocycles. The first-order valence-corrected chi connectivity index (χ1v) is 8.20. The molecular formula is C18H17N5O4. The van der Waals surface area contributed by atoms with Crippen LogP contribution in [-0.4, -0.2) is 40.3 Å². The quantitative estimate of drug-likeness (QED) is 0.725. The molecule has 0 aromatic carbocycles. The molecule has 0 aliphatic carbocycles. The number of H-pyrrole nitrogens is 2. The highest BCUT2D eigenvalue weighted by Crippen LogP contribution is 2.33. The molecule has 9 heteroatoms. The van der Waals surface area contributed by atoms with Crippen LogP contribution in [-0.2, 0) is 6.54 Å². The minimum Gasteiger partial charge on any atom is -0.491 e. The molecule has 0 radical (unpaired) electrons. The highest BCUT2D eigenvalue weighted by Gasteiger charge is 2.33. The summed E-state index contributed by atoms with van der Waals surface area (Å²) >= 11 is 0. The second-order valence-corrected chi connectivity index (χ2v) is 6.12. The minimum atomic E-state index is -0.296. The number of ether oxygens (including phenoxy) is 2. The van der Waals surface area contributed by atoms with Crippen molar-refractivity contribution in [1.82, 2.24) is 20.2 Å². The molecule has 0 bridgehead atoms. The normalized spacial score (nSPS) is 13.0. The summed E-state index contributed by atoms with van der Waals surface area (Å²) in [7, 11) is 3.06. The maximum Gasteiger partial charge on any atom is 0.266 e. The first kappa shape index (κ1) is 16.8. The lowest BCUT2D eigenvalue weighted by Gasteiger charge is -2.11. The molecule has 0 spiro atoms. The molecule has 27 heavy (non-hydrogen) atoms. The highest BCUT2D eigenvalue weighted by atomic mass is 16.5. The molecule has 0 unspecified atom stereocenters. The van der Waals surface area contributed by atoms with E-state index in [1.54, 1.807) is 19.4 Å². The molecule has 1 amide bonds. The Morgan fingerprint density at radius 2 is 1.93 bits per heavy atom. The van der Waals surface area contributed by atoms with E-state index < -0.39 is 0 Å². The lowest BCUT2D eigenvalue weighted by molar-refractivity contribution is 0.0995. The molecule has 4 rings (SSSR count). The number of aryl methyl sites for hydroxylation is 1. The predicted molar refractivity (Wildman–Crippen MR) is 97.2 cm³/mol. The van der Waals surface area contributed by atoms with Crippen LogP contribution < -0.4 is 19.9 Å². The Kier molecular flexibility index (Phi) is 3.91. The lowest BCUT2D eigenvalue weighted by Crippen LogP contribution is -2.23. The number of aromatic amines is 2. The van der Waals surface area contributed by atoms with Crippen LogP contribution in [0.5, 0.6) is 11.6 Å². The van der Waals surface area contributed by atoms with Crippen LogP contribution in [0.25, 0.3) is 11.3 Å². The minimum absolute atomic E-state index is 0.192. The molecular weight excluding hydrogens is 350 g/mol. The fourth-order valence-corrected chi connectivity index (χ4v) is 3.18. The van der Waals surface area contributed by atoms with Gasteiger partial charge in [0.05, 0.1) is 37.7 Å². The average molecular weight is 367 g/mol. The van der Waals surface area contributed by atoms with Crippen molar-refractivity contribution in [3.05, 3.63) is 51.6 Å². The van der Waals surface area contributed by atoms with Crippen molar-refractivity contribution in [2.45, 2.75) is 13.5 Å². The maximum atomic E-state index is 12.8. The zero-order valence-corrected chi connectivity index (χ0v) is 15.0.